The molecule has 1 aromatic heterocycles. The van der Waals surface area contributed by atoms with E-state index in [1.165, 1.54) is 56.3 Å². The minimum Gasteiger partial charge on any atom is -0.352 e. The summed E-state index contributed by atoms with van der Waals surface area (Å²) < 4.78 is 0. The molecule has 1 amide bonds. The molecule has 1 aromatic rings. The number of allylic oxidation sites excluding steroid dienone is 3. The van der Waals surface area contributed by atoms with Gasteiger partial charge in [0.05, 0.1) is 0 Å². The number of aromatic nitrogens is 1. The maximum Gasteiger partial charge on any atom is 0.220 e. The monoisotopic (exact) mass is 404 g/mol. The van der Waals surface area contributed by atoms with E-state index in [-0.39, 0.29) is 5.91 Å². The first-order valence-corrected chi connectivity index (χ1v) is 12.5. The fourth-order valence-electron chi connectivity index (χ4n) is 2.93. The van der Waals surface area contributed by atoms with Crippen LogP contribution >= 0.6 is 21.6 Å². The molecule has 0 saturated heterocycles. The Kier molecular flexibility index (Phi) is 12.1. The first kappa shape index (κ1) is 22.1. The van der Waals surface area contributed by atoms with Crippen molar-refractivity contribution in [2.24, 2.45) is 0 Å². The average molecular weight is 405 g/mol. The fraction of sp³-hybridized carbons (Fsp3) is 0.545. The topological polar surface area (TPSA) is 42.0 Å². The van der Waals surface area contributed by atoms with Gasteiger partial charge in [0.2, 0.25) is 5.91 Å². The Hall–Kier alpha value is -1.20. The van der Waals surface area contributed by atoms with E-state index >= 15 is 0 Å². The van der Waals surface area contributed by atoms with E-state index in [0.717, 1.165) is 17.9 Å². The molecule has 1 N–H and O–H groups in total. The lowest BCUT2D eigenvalue weighted by Gasteiger charge is -2.06. The van der Waals surface area contributed by atoms with Gasteiger partial charge in [-0.3, -0.25) is 4.79 Å². The lowest BCUT2D eigenvalue weighted by atomic mass is 10.1. The standard InChI is InChI=1S/C22H32N2OS2/c25-21(24-19-20-13-8-9-14-20)15-7-5-3-1-2-4-6-12-18-26-27-22-16-10-11-17-23-22/h8-11,13,16-17H,1-7,12,14-15,18-19H2,(H,24,25). The van der Waals surface area contributed by atoms with E-state index < -0.39 is 0 Å². The van der Waals surface area contributed by atoms with E-state index in [9.17, 15) is 4.79 Å². The predicted octanol–water partition coefficient (Wildman–Crippen LogP) is 6.34. The van der Waals surface area contributed by atoms with Gasteiger partial charge in [0.15, 0.2) is 0 Å². The first-order valence-electron chi connectivity index (χ1n) is 10.2. The van der Waals surface area contributed by atoms with Crippen molar-refractivity contribution in [3.8, 4) is 0 Å². The third-order valence-electron chi connectivity index (χ3n) is 4.52. The van der Waals surface area contributed by atoms with Gasteiger partial charge in [0.25, 0.3) is 0 Å². The third kappa shape index (κ3) is 11.3. The second-order valence-electron chi connectivity index (χ2n) is 6.89. The highest BCUT2D eigenvalue weighted by molar-refractivity contribution is 8.76. The summed E-state index contributed by atoms with van der Waals surface area (Å²) in [7, 11) is 3.68. The number of carbonyl (C=O) groups excluding carboxylic acids is 1. The summed E-state index contributed by atoms with van der Waals surface area (Å²) in [5.74, 6) is 1.40. The van der Waals surface area contributed by atoms with Crippen molar-refractivity contribution in [3.63, 3.8) is 0 Å². The van der Waals surface area contributed by atoms with Crippen LogP contribution in [0.5, 0.6) is 0 Å². The smallest absolute Gasteiger partial charge is 0.220 e. The lowest BCUT2D eigenvalue weighted by Crippen LogP contribution is -2.24. The van der Waals surface area contributed by atoms with E-state index in [4.69, 9.17) is 0 Å². The van der Waals surface area contributed by atoms with E-state index in [1.54, 1.807) is 10.8 Å². The summed E-state index contributed by atoms with van der Waals surface area (Å²) in [5.41, 5.74) is 1.30. The van der Waals surface area contributed by atoms with Gasteiger partial charge in [-0.05, 0) is 47.8 Å². The Morgan fingerprint density at radius 2 is 1.81 bits per heavy atom. The fourth-order valence-corrected chi connectivity index (χ4v) is 4.95. The number of unbranched alkanes of at least 4 members (excludes halogenated alkanes) is 7. The van der Waals surface area contributed by atoms with Gasteiger partial charge in [-0.2, -0.15) is 0 Å². The number of rotatable bonds is 15. The molecule has 1 aliphatic carbocycles. The Morgan fingerprint density at radius 3 is 2.52 bits per heavy atom. The van der Waals surface area contributed by atoms with Gasteiger partial charge < -0.3 is 5.32 Å². The molecule has 1 aliphatic rings. The van der Waals surface area contributed by atoms with Gasteiger partial charge in [-0.1, -0.05) is 73.6 Å². The second-order valence-corrected chi connectivity index (χ2v) is 9.32. The van der Waals surface area contributed by atoms with Crippen molar-refractivity contribution in [3.05, 3.63) is 48.2 Å². The van der Waals surface area contributed by atoms with Crippen LogP contribution in [0.2, 0.25) is 0 Å². The molecule has 1 heterocycles. The molecular formula is C22H32N2OS2. The minimum atomic E-state index is 0.198. The van der Waals surface area contributed by atoms with Crippen LogP contribution in [0.25, 0.3) is 0 Å². The van der Waals surface area contributed by atoms with Crippen LogP contribution < -0.4 is 5.32 Å². The van der Waals surface area contributed by atoms with Gasteiger partial charge in [0, 0.05) is 24.9 Å². The van der Waals surface area contributed by atoms with Crippen LogP contribution in [-0.2, 0) is 4.79 Å². The zero-order valence-electron chi connectivity index (χ0n) is 16.2. The van der Waals surface area contributed by atoms with Gasteiger partial charge in [-0.15, -0.1) is 0 Å². The van der Waals surface area contributed by atoms with Crippen LogP contribution in [0.1, 0.15) is 64.2 Å². The van der Waals surface area contributed by atoms with Crippen LogP contribution in [-0.4, -0.2) is 23.2 Å². The van der Waals surface area contributed by atoms with Crippen molar-refractivity contribution < 1.29 is 4.79 Å². The van der Waals surface area contributed by atoms with E-state index in [2.05, 4.69) is 34.6 Å². The summed E-state index contributed by atoms with van der Waals surface area (Å²) in [6.07, 6.45) is 19.8. The minimum absolute atomic E-state index is 0.198. The Bertz CT molecular complexity index is 587. The maximum absolute atomic E-state index is 11.8. The van der Waals surface area contributed by atoms with E-state index in [0.29, 0.717) is 13.0 Å². The highest BCUT2D eigenvalue weighted by Crippen LogP contribution is 2.29. The Labute approximate surface area is 172 Å². The number of carbonyl (C=O) groups is 1. The molecular weight excluding hydrogens is 372 g/mol. The number of hydrogen-bond acceptors (Lipinski definition) is 4. The summed E-state index contributed by atoms with van der Waals surface area (Å²) >= 11 is 0. The molecule has 0 unspecified atom stereocenters. The summed E-state index contributed by atoms with van der Waals surface area (Å²) in [4.78, 5) is 16.1. The molecule has 27 heavy (non-hydrogen) atoms. The van der Waals surface area contributed by atoms with Crippen LogP contribution in [0.3, 0.4) is 0 Å². The van der Waals surface area contributed by atoms with Crippen LogP contribution in [0.15, 0.2) is 53.2 Å². The predicted molar refractivity (Wildman–Crippen MR) is 119 cm³/mol. The number of pyridine rings is 1. The Morgan fingerprint density at radius 1 is 1.04 bits per heavy atom. The summed E-state index contributed by atoms with van der Waals surface area (Å²) in [5, 5.41) is 4.12. The first-order chi connectivity index (χ1) is 13.3. The molecule has 0 bridgehead atoms. The normalized spacial score (nSPS) is 13.0. The largest absolute Gasteiger partial charge is 0.352 e. The molecule has 0 atom stereocenters. The Balaban J connectivity index is 1.29. The molecule has 0 aliphatic heterocycles. The molecule has 2 rings (SSSR count). The zero-order chi connectivity index (χ0) is 19.0. The zero-order valence-corrected chi connectivity index (χ0v) is 17.8. The highest BCUT2D eigenvalue weighted by Gasteiger charge is 2.04. The second kappa shape index (κ2) is 14.8. The van der Waals surface area contributed by atoms with Crippen molar-refractivity contribution in [1.82, 2.24) is 10.3 Å². The molecule has 0 radical (unpaired) electrons. The van der Waals surface area contributed by atoms with Crippen LogP contribution in [0.4, 0.5) is 0 Å². The molecule has 3 nitrogen and oxygen atoms in total. The average Bonchev–Trinajstić information content (AvgIpc) is 3.21. The number of nitrogens with one attached hydrogen (secondary N) is 1. The van der Waals surface area contributed by atoms with Gasteiger partial charge in [-0.25, -0.2) is 4.98 Å². The summed E-state index contributed by atoms with van der Waals surface area (Å²) in [6, 6.07) is 6.05. The number of amides is 1. The van der Waals surface area contributed by atoms with Crippen LogP contribution in [0, 0.1) is 0 Å². The molecule has 0 fully saturated rings. The third-order valence-corrected chi connectivity index (χ3v) is 6.88. The van der Waals surface area contributed by atoms with Crippen molar-refractivity contribution in [2.75, 3.05) is 12.3 Å². The molecule has 148 valence electrons. The van der Waals surface area contributed by atoms with Crippen molar-refractivity contribution >= 4 is 27.5 Å². The lowest BCUT2D eigenvalue weighted by molar-refractivity contribution is -0.121. The SMILES string of the molecule is O=C(CCCCCCCCCCSSc1ccccn1)NCC1=CC=CC1. The van der Waals surface area contributed by atoms with E-state index in [1.807, 2.05) is 29.1 Å². The molecule has 5 heteroatoms. The molecule has 0 aromatic carbocycles. The highest BCUT2D eigenvalue weighted by atomic mass is 33.1. The molecule has 0 saturated carbocycles. The number of hydrogen-bond donors (Lipinski definition) is 1. The van der Waals surface area contributed by atoms with Gasteiger partial charge >= 0.3 is 0 Å². The summed E-state index contributed by atoms with van der Waals surface area (Å²) in [6.45, 7) is 0.713. The quantitative estimate of drug-likeness (QED) is 0.274. The van der Waals surface area contributed by atoms with Gasteiger partial charge in [0.1, 0.15) is 5.03 Å². The molecule has 0 spiro atoms. The maximum atomic E-state index is 11.8. The number of nitrogens with zero attached hydrogens (tertiary/aromatic N) is 1. The van der Waals surface area contributed by atoms with Crippen molar-refractivity contribution in [1.29, 1.82) is 0 Å². The van der Waals surface area contributed by atoms with Crippen molar-refractivity contribution in [2.45, 2.75) is 69.2 Å².